The molecule has 9 rings (SSSR count). The van der Waals surface area contributed by atoms with Gasteiger partial charge in [-0.05, 0) is 71.8 Å². The first-order valence-corrected chi connectivity index (χ1v) is 16.2. The zero-order chi connectivity index (χ0) is 32.2. The fraction of sp³-hybridized carbons (Fsp3) is 0.0698. The first-order chi connectivity index (χ1) is 23.6. The van der Waals surface area contributed by atoms with Gasteiger partial charge in [0.05, 0.1) is 34.5 Å². The number of aromatic nitrogens is 3. The largest absolute Gasteiger partial charge is 0.457 e. The van der Waals surface area contributed by atoms with Gasteiger partial charge in [-0.1, -0.05) is 92.7 Å². The van der Waals surface area contributed by atoms with Crippen molar-refractivity contribution in [3.05, 3.63) is 169 Å². The van der Waals surface area contributed by atoms with Crippen LogP contribution < -0.4 is 9.64 Å². The summed E-state index contributed by atoms with van der Waals surface area (Å²) >= 11 is 0. The lowest BCUT2D eigenvalue weighted by Crippen LogP contribution is -2.31. The summed E-state index contributed by atoms with van der Waals surface area (Å²) in [6.45, 7) is 4.68. The summed E-state index contributed by atoms with van der Waals surface area (Å²) in [5, 5.41) is 2.34. The molecule has 0 atom stereocenters. The number of pyridine rings is 2. The van der Waals surface area contributed by atoms with E-state index in [0.29, 0.717) is 0 Å². The highest BCUT2D eigenvalue weighted by Crippen LogP contribution is 2.54. The Balaban J connectivity index is 1.22. The molecule has 230 valence electrons. The van der Waals surface area contributed by atoms with Gasteiger partial charge < -0.3 is 9.64 Å². The quantitative estimate of drug-likeness (QED) is 0.192. The zero-order valence-electron chi connectivity index (χ0n) is 26.7. The Morgan fingerprint density at radius 3 is 2.19 bits per heavy atom. The predicted molar refractivity (Wildman–Crippen MR) is 195 cm³/mol. The van der Waals surface area contributed by atoms with E-state index in [1.165, 1.54) is 22.2 Å². The van der Waals surface area contributed by atoms with Crippen molar-refractivity contribution in [1.29, 1.82) is 0 Å². The average molecular weight is 621 g/mol. The fourth-order valence-corrected chi connectivity index (χ4v) is 7.37. The third-order valence-corrected chi connectivity index (χ3v) is 9.47. The van der Waals surface area contributed by atoms with E-state index < -0.39 is 0 Å². The molecular weight excluding hydrogens is 589 g/mol. The monoisotopic (exact) mass is 620 g/mol. The fourth-order valence-electron chi connectivity index (χ4n) is 7.37. The van der Waals surface area contributed by atoms with Crippen molar-refractivity contribution >= 4 is 39.0 Å². The van der Waals surface area contributed by atoms with Crippen molar-refractivity contribution in [2.24, 2.45) is 0 Å². The average Bonchev–Trinajstić information content (AvgIpc) is 3.47. The Hall–Kier alpha value is -6.20. The SMILES string of the molecule is CC1(C)c2ccccc2N(c2ccccc2)c2cnc3c(c21)c1ccccc1n3-c1cccc(Oc2cccc(-c3ccccn3)c2)c1. The van der Waals surface area contributed by atoms with Crippen LogP contribution in [-0.4, -0.2) is 14.5 Å². The maximum atomic E-state index is 6.46. The normalized spacial score (nSPS) is 13.3. The first kappa shape index (κ1) is 28.1. The van der Waals surface area contributed by atoms with Crippen LogP contribution in [0.5, 0.6) is 11.5 Å². The third-order valence-electron chi connectivity index (χ3n) is 9.47. The molecule has 0 saturated carbocycles. The lowest BCUT2D eigenvalue weighted by atomic mass is 9.72. The van der Waals surface area contributed by atoms with Gasteiger partial charge >= 0.3 is 0 Å². The number of rotatable bonds is 5. The molecule has 0 radical (unpaired) electrons. The van der Waals surface area contributed by atoms with Crippen molar-refractivity contribution in [2.75, 3.05) is 4.90 Å². The van der Waals surface area contributed by atoms with E-state index in [4.69, 9.17) is 9.72 Å². The molecule has 3 aromatic heterocycles. The predicted octanol–water partition coefficient (Wildman–Crippen LogP) is 11.1. The molecule has 1 aliphatic heterocycles. The van der Waals surface area contributed by atoms with Crippen LogP contribution in [0.2, 0.25) is 0 Å². The maximum Gasteiger partial charge on any atom is 0.146 e. The number of hydrogen-bond acceptors (Lipinski definition) is 4. The van der Waals surface area contributed by atoms with E-state index >= 15 is 0 Å². The number of hydrogen-bond donors (Lipinski definition) is 0. The van der Waals surface area contributed by atoms with Crippen molar-refractivity contribution in [3.63, 3.8) is 0 Å². The standard InChI is InChI=1S/C43H32N4O/c1-43(2)35-21-7-9-24-38(35)46(30-15-4-3-5-16-30)39-28-45-42-40(41(39)43)34-20-6-8-23-37(34)47(42)31-17-13-19-33(27-31)48-32-18-12-14-29(26-32)36-22-10-11-25-44-36/h3-28H,1-2H3. The minimum Gasteiger partial charge on any atom is -0.457 e. The molecule has 0 saturated heterocycles. The van der Waals surface area contributed by atoms with Gasteiger partial charge in [-0.15, -0.1) is 0 Å². The van der Waals surface area contributed by atoms with E-state index in [1.807, 2.05) is 54.7 Å². The van der Waals surface area contributed by atoms with Gasteiger partial charge in [0.25, 0.3) is 0 Å². The van der Waals surface area contributed by atoms with Gasteiger partial charge in [0, 0.05) is 39.7 Å². The summed E-state index contributed by atoms with van der Waals surface area (Å²) < 4.78 is 8.73. The number of benzene rings is 5. The highest BCUT2D eigenvalue weighted by molar-refractivity contribution is 6.12. The van der Waals surface area contributed by atoms with Crippen LogP contribution in [0.4, 0.5) is 17.1 Å². The highest BCUT2D eigenvalue weighted by atomic mass is 16.5. The second-order valence-electron chi connectivity index (χ2n) is 12.7. The van der Waals surface area contributed by atoms with E-state index in [9.17, 15) is 0 Å². The van der Waals surface area contributed by atoms with Gasteiger partial charge in [-0.3, -0.25) is 9.55 Å². The molecule has 5 aromatic carbocycles. The summed E-state index contributed by atoms with van der Waals surface area (Å²) in [6, 6.07) is 50.2. The lowest BCUT2D eigenvalue weighted by molar-refractivity contribution is 0.482. The molecule has 8 aromatic rings. The molecule has 5 heteroatoms. The van der Waals surface area contributed by atoms with Crippen LogP contribution in [0, 0.1) is 0 Å². The molecule has 1 aliphatic rings. The van der Waals surface area contributed by atoms with Crippen LogP contribution >= 0.6 is 0 Å². The maximum absolute atomic E-state index is 6.46. The molecule has 4 heterocycles. The minimum absolute atomic E-state index is 0.281. The molecule has 0 N–H and O–H groups in total. The molecule has 0 fully saturated rings. The van der Waals surface area contributed by atoms with Crippen molar-refractivity contribution in [3.8, 4) is 28.4 Å². The van der Waals surface area contributed by atoms with Gasteiger partial charge in [-0.25, -0.2) is 4.98 Å². The molecule has 0 amide bonds. The summed E-state index contributed by atoms with van der Waals surface area (Å²) in [7, 11) is 0. The lowest BCUT2D eigenvalue weighted by Gasteiger charge is -2.42. The number of anilines is 3. The molecule has 5 nitrogen and oxygen atoms in total. The van der Waals surface area contributed by atoms with Crippen LogP contribution in [0.25, 0.3) is 38.9 Å². The Labute approximate surface area is 279 Å². The number of para-hydroxylation sites is 3. The van der Waals surface area contributed by atoms with Gasteiger partial charge in [0.2, 0.25) is 0 Å². The Bertz CT molecular complexity index is 2470. The van der Waals surface area contributed by atoms with Crippen LogP contribution in [-0.2, 0) is 5.41 Å². The number of ether oxygens (including phenoxy) is 1. The summed E-state index contributed by atoms with van der Waals surface area (Å²) in [4.78, 5) is 12.1. The minimum atomic E-state index is -0.281. The Kier molecular flexibility index (Phi) is 6.40. The van der Waals surface area contributed by atoms with E-state index in [-0.39, 0.29) is 5.41 Å². The molecule has 0 aliphatic carbocycles. The van der Waals surface area contributed by atoms with E-state index in [0.717, 1.165) is 56.4 Å². The van der Waals surface area contributed by atoms with Gasteiger partial charge in [0.1, 0.15) is 17.1 Å². The molecular formula is C43H32N4O. The summed E-state index contributed by atoms with van der Waals surface area (Å²) in [6.07, 6.45) is 3.86. The molecule has 48 heavy (non-hydrogen) atoms. The molecule has 0 spiro atoms. The van der Waals surface area contributed by atoms with Crippen LogP contribution in [0.15, 0.2) is 158 Å². The van der Waals surface area contributed by atoms with E-state index in [2.05, 4.69) is 132 Å². The van der Waals surface area contributed by atoms with Gasteiger partial charge in [0.15, 0.2) is 0 Å². The van der Waals surface area contributed by atoms with Crippen molar-refractivity contribution < 1.29 is 4.74 Å². The Morgan fingerprint density at radius 1 is 0.604 bits per heavy atom. The van der Waals surface area contributed by atoms with E-state index in [1.54, 1.807) is 0 Å². The Morgan fingerprint density at radius 2 is 1.33 bits per heavy atom. The molecule has 0 unspecified atom stereocenters. The second kappa shape index (κ2) is 11.0. The van der Waals surface area contributed by atoms with Crippen molar-refractivity contribution in [2.45, 2.75) is 19.3 Å². The smallest absolute Gasteiger partial charge is 0.146 e. The van der Waals surface area contributed by atoms with Crippen LogP contribution in [0.1, 0.15) is 25.0 Å². The second-order valence-corrected chi connectivity index (χ2v) is 12.7. The topological polar surface area (TPSA) is 43.2 Å². The van der Waals surface area contributed by atoms with Crippen LogP contribution in [0.3, 0.4) is 0 Å². The molecule has 0 bridgehead atoms. The summed E-state index contributed by atoms with van der Waals surface area (Å²) in [5.41, 5.74) is 10.6. The first-order valence-electron chi connectivity index (χ1n) is 16.2. The third kappa shape index (κ3) is 4.39. The summed E-state index contributed by atoms with van der Waals surface area (Å²) in [5.74, 6) is 1.50. The number of nitrogens with zero attached hydrogens (tertiary/aromatic N) is 4. The van der Waals surface area contributed by atoms with Gasteiger partial charge in [-0.2, -0.15) is 0 Å². The highest BCUT2D eigenvalue weighted by Gasteiger charge is 2.39. The van der Waals surface area contributed by atoms with Crippen molar-refractivity contribution in [1.82, 2.24) is 14.5 Å². The number of fused-ring (bicyclic) bond motifs is 6. The zero-order valence-corrected chi connectivity index (χ0v) is 26.7.